The van der Waals surface area contributed by atoms with E-state index in [-0.39, 0.29) is 69.7 Å². The van der Waals surface area contributed by atoms with Gasteiger partial charge in [0.1, 0.15) is 5.69 Å². The summed E-state index contributed by atoms with van der Waals surface area (Å²) in [7, 11) is 0. The van der Waals surface area contributed by atoms with Gasteiger partial charge in [0.15, 0.2) is 0 Å². The predicted octanol–water partition coefficient (Wildman–Crippen LogP) is -0.206. The zero-order chi connectivity index (χ0) is 13.5. The van der Waals surface area contributed by atoms with Crippen molar-refractivity contribution in [2.75, 3.05) is 0 Å². The number of alkyl halides is 5. The van der Waals surface area contributed by atoms with Gasteiger partial charge in [0.25, 0.3) is 0 Å². The Kier molecular flexibility index (Phi) is 5.83. The Balaban J connectivity index is 0.00000289. The molecule has 11 heteroatoms. The first kappa shape index (κ1) is 18.3. The molecule has 0 saturated heterocycles. The molecule has 0 bridgehead atoms. The molecule has 0 amide bonds. The summed E-state index contributed by atoms with van der Waals surface area (Å²) in [6.07, 6.45) is -5.94. The van der Waals surface area contributed by atoms with Crippen molar-refractivity contribution in [2.24, 2.45) is 0 Å². The van der Waals surface area contributed by atoms with Crippen LogP contribution in [0.2, 0.25) is 0 Å². The van der Waals surface area contributed by atoms with Crippen LogP contribution in [0.15, 0.2) is 18.3 Å². The Morgan fingerprint density at radius 3 is 1.72 bits per heavy atom. The van der Waals surface area contributed by atoms with Crippen LogP contribution in [-0.4, -0.2) is 18.1 Å². The van der Waals surface area contributed by atoms with E-state index < -0.39 is 30.2 Å². The first-order valence-electron chi connectivity index (χ1n) is 4.07. The van der Waals surface area contributed by atoms with Gasteiger partial charge in [-0.3, -0.25) is 4.98 Å². The fourth-order valence-corrected chi connectivity index (χ4v) is 0.930. The molecular weight excluding hydrogens is 300 g/mol. The molecule has 1 aromatic heterocycles. The van der Waals surface area contributed by atoms with Crippen molar-refractivity contribution >= 4 is 12.4 Å². The molecule has 0 atom stereocenters. The van der Waals surface area contributed by atoms with Gasteiger partial charge in [-0.2, -0.15) is 22.0 Å². The molecule has 18 heavy (non-hydrogen) atoms. The number of nitrogens with zero attached hydrogens (tertiary/aromatic N) is 1. The molecule has 0 unspecified atom stereocenters. The first-order chi connectivity index (χ1) is 7.46. The van der Waals surface area contributed by atoms with Gasteiger partial charge >= 0.3 is 70.5 Å². The topological polar surface area (TPSA) is 12.9 Å². The molecule has 0 N–H and O–H groups in total. The second-order valence-corrected chi connectivity index (χ2v) is 3.12. The minimum Gasteiger partial charge on any atom is -0.445 e. The van der Waals surface area contributed by atoms with Crippen LogP contribution in [0, 0.1) is 0 Å². The first-order valence-corrected chi connectivity index (χ1v) is 4.07. The van der Waals surface area contributed by atoms with Gasteiger partial charge in [-0.05, 0) is 6.07 Å². The van der Waals surface area contributed by atoms with E-state index in [0.717, 1.165) is 0 Å². The van der Waals surface area contributed by atoms with Crippen molar-refractivity contribution < 1.29 is 86.3 Å². The fraction of sp³-hybridized carbons (Fsp3) is 0.286. The number of aromatic nitrogens is 1. The quantitative estimate of drug-likeness (QED) is 0.544. The van der Waals surface area contributed by atoms with E-state index in [4.69, 9.17) is 0 Å². The van der Waals surface area contributed by atoms with E-state index >= 15 is 0 Å². The van der Waals surface area contributed by atoms with Crippen molar-refractivity contribution in [3.63, 3.8) is 0 Å². The van der Waals surface area contributed by atoms with E-state index in [1.807, 2.05) is 0 Å². The van der Waals surface area contributed by atoms with Crippen LogP contribution in [0.5, 0.6) is 0 Å². The van der Waals surface area contributed by atoms with E-state index in [9.17, 15) is 34.9 Å². The summed E-state index contributed by atoms with van der Waals surface area (Å²) in [5.41, 5.74) is -3.11. The molecule has 0 aliphatic carbocycles. The van der Waals surface area contributed by atoms with Crippen LogP contribution in [0.3, 0.4) is 0 Å². The molecule has 0 fully saturated rings. The molecule has 1 rings (SSSR count). The van der Waals surface area contributed by atoms with Crippen LogP contribution in [0.4, 0.5) is 34.9 Å². The third-order valence-electron chi connectivity index (χ3n) is 1.84. The smallest absolute Gasteiger partial charge is 0.445 e. The van der Waals surface area contributed by atoms with Crippen molar-refractivity contribution in [1.82, 2.24) is 4.98 Å². The third kappa shape index (κ3) is 3.89. The summed E-state index contributed by atoms with van der Waals surface area (Å²) < 4.78 is 97.0. The van der Waals surface area contributed by atoms with Gasteiger partial charge in [-0.25, -0.2) is 0 Å². The molecule has 0 spiro atoms. The van der Waals surface area contributed by atoms with E-state index in [1.165, 1.54) is 0 Å². The maximum absolute atomic E-state index is 12.6. The molecule has 1 heterocycles. The average Bonchev–Trinajstić information content (AvgIpc) is 2.15. The predicted molar refractivity (Wildman–Crippen MR) is 42.9 cm³/mol. The number of rotatable bonds is 2. The second-order valence-electron chi connectivity index (χ2n) is 3.12. The van der Waals surface area contributed by atoms with Gasteiger partial charge < -0.3 is 12.9 Å². The summed E-state index contributed by atoms with van der Waals surface area (Å²) in [6, 6.07) is 0.153. The molecule has 1 aromatic rings. The molecule has 1 nitrogen and oxygen atoms in total. The minimum atomic E-state index is -5.90. The van der Waals surface area contributed by atoms with Crippen LogP contribution in [-0.2, 0) is 5.92 Å². The van der Waals surface area contributed by atoms with E-state index in [1.54, 1.807) is 0 Å². The maximum atomic E-state index is 12.6. The second kappa shape index (κ2) is 5.73. The van der Waals surface area contributed by atoms with Gasteiger partial charge in [0, 0.05) is 6.20 Å². The van der Waals surface area contributed by atoms with Gasteiger partial charge in [0.2, 0.25) is 0 Å². The zero-order valence-electron chi connectivity index (χ0n) is 8.78. The van der Waals surface area contributed by atoms with E-state index in [0.29, 0.717) is 0 Å². The van der Waals surface area contributed by atoms with Crippen molar-refractivity contribution in [3.8, 4) is 0 Å². The van der Waals surface area contributed by atoms with Crippen molar-refractivity contribution in [3.05, 3.63) is 24.0 Å². The normalized spacial score (nSPS) is 13.1. The maximum Gasteiger partial charge on any atom is 1.00 e. The van der Waals surface area contributed by atoms with Crippen LogP contribution in [0.1, 0.15) is 5.69 Å². The molecule has 0 radical (unpaired) electrons. The van der Waals surface area contributed by atoms with Crippen molar-refractivity contribution in [2.45, 2.75) is 12.1 Å². The van der Waals surface area contributed by atoms with Crippen LogP contribution >= 0.6 is 0 Å². The van der Waals surface area contributed by atoms with Gasteiger partial charge in [-0.15, -0.1) is 0 Å². The summed E-state index contributed by atoms with van der Waals surface area (Å²) >= 11 is 0. The summed E-state index contributed by atoms with van der Waals surface area (Å²) in [5, 5.41) is 0. The third-order valence-corrected chi connectivity index (χ3v) is 1.84. The Labute approximate surface area is 138 Å². The Morgan fingerprint density at radius 1 is 0.944 bits per heavy atom. The van der Waals surface area contributed by atoms with E-state index in [2.05, 4.69) is 4.98 Å². The monoisotopic (exact) mass is 303 g/mol. The van der Waals surface area contributed by atoms with Crippen LogP contribution < -0.4 is 56.8 Å². The van der Waals surface area contributed by atoms with Crippen LogP contribution in [0.25, 0.3) is 0 Å². The standard InChI is InChI=1S/C7H3BF8N.K/c9-6(10,7(11,12)13)5-2-1-4(3-17-5)8(14,15)16;/h1-3H;/q-1;+1. The molecule has 0 aliphatic rings. The number of pyridine rings is 1. The average molecular weight is 303 g/mol. The zero-order valence-corrected chi connectivity index (χ0v) is 11.9. The SMILES string of the molecule is F[B-](F)(F)c1ccc(C(F)(F)C(F)(F)F)nc1.[K+]. The fourth-order valence-electron chi connectivity index (χ4n) is 0.930. The molecule has 0 aromatic carbocycles. The van der Waals surface area contributed by atoms with Gasteiger partial charge in [0.05, 0.1) is 0 Å². The number of hydrogen-bond donors (Lipinski definition) is 0. The minimum absolute atomic E-state index is 0. The number of hydrogen-bond acceptors (Lipinski definition) is 1. The Morgan fingerprint density at radius 2 is 1.44 bits per heavy atom. The van der Waals surface area contributed by atoms with Gasteiger partial charge in [-0.1, -0.05) is 11.5 Å². The molecular formula is C7H3BF8KN. The van der Waals surface area contributed by atoms with Crippen molar-refractivity contribution in [1.29, 1.82) is 0 Å². The Hall–Kier alpha value is 0.291. The summed E-state index contributed by atoms with van der Waals surface area (Å²) in [6.45, 7) is -5.48. The summed E-state index contributed by atoms with van der Waals surface area (Å²) in [5.74, 6) is -5.27. The molecule has 96 valence electrons. The largest absolute Gasteiger partial charge is 1.00 e. The summed E-state index contributed by atoms with van der Waals surface area (Å²) in [4.78, 5) is 2.51. The number of halogens is 8. The molecule has 0 aliphatic heterocycles. The molecule has 0 saturated carbocycles. The Bertz CT molecular complexity index is 397.